The minimum Gasteiger partial charge on any atom is -0.111 e. The van der Waals surface area contributed by atoms with Crippen LogP contribution in [0.25, 0.3) is 0 Å². The minimum atomic E-state index is 0.531. The highest BCUT2D eigenvalue weighted by atomic mass is 33.1. The molecule has 0 heterocycles. The molecule has 0 saturated carbocycles. The molecular weight excluding hydrogens is 124 g/mol. The fraction of sp³-hybridized carbons (Fsp3) is 0.600. The molecule has 0 rings (SSSR count). The summed E-state index contributed by atoms with van der Waals surface area (Å²) < 4.78 is 0. The van der Waals surface area contributed by atoms with Gasteiger partial charge >= 0.3 is 0 Å². The lowest BCUT2D eigenvalue weighted by Crippen LogP contribution is -1.88. The molecule has 42 valence electrons. The predicted octanol–water partition coefficient (Wildman–Crippen LogP) is 2.53. The van der Waals surface area contributed by atoms with Crippen LogP contribution in [0.3, 0.4) is 0 Å². The molecular formula is C5H10S2. The molecule has 0 saturated heterocycles. The Bertz CT molecular complexity index is 48.0. The van der Waals surface area contributed by atoms with Gasteiger partial charge in [0.25, 0.3) is 0 Å². The first kappa shape index (κ1) is 7.44. The molecule has 0 bridgehead atoms. The van der Waals surface area contributed by atoms with Crippen molar-refractivity contribution in [1.29, 1.82) is 0 Å². The van der Waals surface area contributed by atoms with E-state index in [1.165, 1.54) is 0 Å². The Morgan fingerprint density at radius 1 is 2.00 bits per heavy atom. The van der Waals surface area contributed by atoms with Crippen molar-refractivity contribution in [2.75, 3.05) is 0 Å². The molecule has 0 amide bonds. The van der Waals surface area contributed by atoms with Gasteiger partial charge in [-0.2, -0.15) is 0 Å². The first-order valence-electron chi connectivity index (χ1n) is 2.28. The molecule has 0 aromatic carbocycles. The highest BCUT2D eigenvalue weighted by molar-refractivity contribution is 8.68. The van der Waals surface area contributed by atoms with Gasteiger partial charge in [0, 0.05) is 5.25 Å². The van der Waals surface area contributed by atoms with E-state index in [2.05, 4.69) is 25.2 Å². The summed E-state index contributed by atoms with van der Waals surface area (Å²) in [5, 5.41) is 0.531. The van der Waals surface area contributed by atoms with Crippen molar-refractivity contribution >= 4 is 22.5 Å². The van der Waals surface area contributed by atoms with Gasteiger partial charge < -0.3 is 0 Å². The van der Waals surface area contributed by atoms with E-state index in [0.29, 0.717) is 5.25 Å². The van der Waals surface area contributed by atoms with Crippen LogP contribution < -0.4 is 0 Å². The number of hydrogen-bond acceptors (Lipinski definition) is 2. The van der Waals surface area contributed by atoms with Crippen molar-refractivity contribution in [1.82, 2.24) is 0 Å². The maximum absolute atomic E-state index is 4.02. The Morgan fingerprint density at radius 2 is 2.57 bits per heavy atom. The van der Waals surface area contributed by atoms with Gasteiger partial charge in [-0.25, -0.2) is 0 Å². The van der Waals surface area contributed by atoms with Crippen molar-refractivity contribution in [3.8, 4) is 0 Å². The molecule has 1 atom stereocenters. The number of hydrogen-bond donors (Lipinski definition) is 1. The summed E-state index contributed by atoms with van der Waals surface area (Å²) in [4.78, 5) is 0. The zero-order valence-corrected chi connectivity index (χ0v) is 6.14. The Kier molecular flexibility index (Phi) is 4.88. The standard InChI is InChI=1S/C5H10S2/c1-3-5(4-2)7-6/h3,5-6H,1,4H2,2H3. The molecule has 0 radical (unpaired) electrons. The largest absolute Gasteiger partial charge is 0.111 e. The van der Waals surface area contributed by atoms with Crippen molar-refractivity contribution in [3.05, 3.63) is 12.7 Å². The molecule has 0 N–H and O–H groups in total. The maximum atomic E-state index is 4.02. The smallest absolute Gasteiger partial charge is 0.0323 e. The lowest BCUT2D eigenvalue weighted by molar-refractivity contribution is 0.985. The van der Waals surface area contributed by atoms with Gasteiger partial charge in [-0.3, -0.25) is 0 Å². The third-order valence-corrected chi connectivity index (χ3v) is 2.41. The van der Waals surface area contributed by atoms with Crippen LogP contribution in [0.2, 0.25) is 0 Å². The maximum Gasteiger partial charge on any atom is 0.0323 e. The van der Waals surface area contributed by atoms with Crippen molar-refractivity contribution < 1.29 is 0 Å². The van der Waals surface area contributed by atoms with E-state index >= 15 is 0 Å². The van der Waals surface area contributed by atoms with Gasteiger partial charge in [-0.05, 0) is 6.42 Å². The molecule has 0 spiro atoms. The van der Waals surface area contributed by atoms with Crippen molar-refractivity contribution in [3.63, 3.8) is 0 Å². The summed E-state index contributed by atoms with van der Waals surface area (Å²) in [6.45, 7) is 5.75. The number of rotatable bonds is 3. The Labute approximate surface area is 54.2 Å². The highest BCUT2D eigenvalue weighted by Crippen LogP contribution is 2.17. The summed E-state index contributed by atoms with van der Waals surface area (Å²) in [6.07, 6.45) is 3.04. The third-order valence-electron chi connectivity index (χ3n) is 0.801. The Balaban J connectivity index is 3.16. The summed E-state index contributed by atoms with van der Waals surface area (Å²) in [7, 11) is 1.55. The van der Waals surface area contributed by atoms with E-state index in [-0.39, 0.29) is 0 Å². The van der Waals surface area contributed by atoms with E-state index in [9.17, 15) is 0 Å². The molecule has 0 fully saturated rings. The topological polar surface area (TPSA) is 0 Å². The third kappa shape index (κ3) is 3.06. The van der Waals surface area contributed by atoms with Crippen LogP contribution in [0, 0.1) is 0 Å². The predicted molar refractivity (Wildman–Crippen MR) is 40.9 cm³/mol. The summed E-state index contributed by atoms with van der Waals surface area (Å²) in [5.41, 5.74) is 0. The summed E-state index contributed by atoms with van der Waals surface area (Å²) in [6, 6.07) is 0. The molecule has 0 aliphatic heterocycles. The molecule has 2 heteroatoms. The fourth-order valence-corrected chi connectivity index (χ4v) is 1.22. The molecule has 0 aromatic heterocycles. The average molecular weight is 134 g/mol. The van der Waals surface area contributed by atoms with E-state index in [0.717, 1.165) is 6.42 Å². The molecule has 0 aliphatic rings. The van der Waals surface area contributed by atoms with Crippen LogP contribution in [0.15, 0.2) is 12.7 Å². The van der Waals surface area contributed by atoms with Gasteiger partial charge in [0.05, 0.1) is 0 Å². The normalized spacial score (nSPS) is 13.4. The van der Waals surface area contributed by atoms with Crippen molar-refractivity contribution in [2.24, 2.45) is 0 Å². The average Bonchev–Trinajstić information content (AvgIpc) is 1.72. The van der Waals surface area contributed by atoms with E-state index in [1.54, 1.807) is 10.8 Å². The molecule has 0 nitrogen and oxygen atoms in total. The van der Waals surface area contributed by atoms with Gasteiger partial charge in [-0.1, -0.05) is 23.8 Å². The van der Waals surface area contributed by atoms with Gasteiger partial charge in [-0.15, -0.1) is 18.2 Å². The van der Waals surface area contributed by atoms with Crippen LogP contribution in [-0.2, 0) is 0 Å². The molecule has 7 heavy (non-hydrogen) atoms. The summed E-state index contributed by atoms with van der Waals surface area (Å²) >= 11 is 4.02. The zero-order chi connectivity index (χ0) is 5.70. The van der Waals surface area contributed by atoms with Crippen molar-refractivity contribution in [2.45, 2.75) is 18.6 Å². The second kappa shape index (κ2) is 4.60. The van der Waals surface area contributed by atoms with E-state index in [4.69, 9.17) is 0 Å². The fourth-order valence-electron chi connectivity index (χ4n) is 0.284. The minimum absolute atomic E-state index is 0.531. The first-order valence-corrected chi connectivity index (χ1v) is 4.21. The van der Waals surface area contributed by atoms with E-state index in [1.807, 2.05) is 6.08 Å². The van der Waals surface area contributed by atoms with E-state index < -0.39 is 0 Å². The SMILES string of the molecule is C=CC(CC)SS. The first-order chi connectivity index (χ1) is 3.35. The Hall–Kier alpha value is 0.440. The quantitative estimate of drug-likeness (QED) is 0.351. The second-order valence-corrected chi connectivity index (χ2v) is 2.74. The van der Waals surface area contributed by atoms with Gasteiger partial charge in [0.1, 0.15) is 0 Å². The molecule has 1 unspecified atom stereocenters. The second-order valence-electron chi connectivity index (χ2n) is 1.29. The van der Waals surface area contributed by atoms with Crippen LogP contribution in [0.1, 0.15) is 13.3 Å². The Morgan fingerprint density at radius 3 is 2.57 bits per heavy atom. The molecule has 0 aliphatic carbocycles. The van der Waals surface area contributed by atoms with Crippen LogP contribution in [0.4, 0.5) is 0 Å². The van der Waals surface area contributed by atoms with Crippen LogP contribution in [-0.4, -0.2) is 5.25 Å². The van der Waals surface area contributed by atoms with Gasteiger partial charge in [0.2, 0.25) is 0 Å². The van der Waals surface area contributed by atoms with Crippen LogP contribution >= 0.6 is 22.5 Å². The zero-order valence-electron chi connectivity index (χ0n) is 4.42. The van der Waals surface area contributed by atoms with Crippen LogP contribution in [0.5, 0.6) is 0 Å². The lowest BCUT2D eigenvalue weighted by atomic mass is 10.3. The lowest BCUT2D eigenvalue weighted by Gasteiger charge is -1.99. The number of thiol groups is 1. The monoisotopic (exact) mass is 134 g/mol. The highest BCUT2D eigenvalue weighted by Gasteiger charge is 1.93. The molecule has 0 aromatic rings. The summed E-state index contributed by atoms with van der Waals surface area (Å²) in [5.74, 6) is 0. The van der Waals surface area contributed by atoms with Gasteiger partial charge in [0.15, 0.2) is 0 Å².